The normalized spacial score (nSPS) is 14.9. The molecule has 0 aliphatic carbocycles. The van der Waals surface area contributed by atoms with Crippen molar-refractivity contribution in [3.63, 3.8) is 0 Å². The van der Waals surface area contributed by atoms with Crippen LogP contribution in [0.4, 0.5) is 0 Å². The predicted octanol–water partition coefficient (Wildman–Crippen LogP) is 23.3. The van der Waals surface area contributed by atoms with E-state index in [4.69, 9.17) is 37.0 Å². The van der Waals surface area contributed by atoms with Crippen molar-refractivity contribution in [2.24, 2.45) is 0 Å². The smallest absolute Gasteiger partial charge is 0.462 e. The second-order valence-corrected chi connectivity index (χ2v) is 28.4. The SMILES string of the molecule is CC/C=C\C/C=C\C/C=C\C/C=C\C/C=C\CCCCCC(=O)OCC(COP(=O)(O)OCC(O)COP(=O)(O)OCC(COC(=O)CCC/C=C\C/C=C\C/C=C\C/C=C\C/C=C\CC)OC(=O)CCCCCCC/C=C\C/C=C\CCCCC)OC(=O)CCCC/C=C\C/C=C\C/C=C\C/C=C\CC. The number of esters is 4. The van der Waals surface area contributed by atoms with Crippen LogP contribution in [0.2, 0.25) is 0 Å². The molecule has 598 valence electrons. The van der Waals surface area contributed by atoms with Crippen LogP contribution in [0, 0.1) is 0 Å². The van der Waals surface area contributed by atoms with Crippen LogP contribution in [0.5, 0.6) is 0 Å². The second-order valence-electron chi connectivity index (χ2n) is 25.5. The molecule has 0 aromatic rings. The Balaban J connectivity index is 5.51. The summed E-state index contributed by atoms with van der Waals surface area (Å²) in [4.78, 5) is 73.0. The topological polar surface area (TPSA) is 237 Å². The monoisotopic (exact) mass is 1520 g/mol. The number of ether oxygens (including phenoxy) is 4. The molecule has 17 nitrogen and oxygen atoms in total. The first-order valence-corrected chi connectivity index (χ1v) is 42.7. The summed E-state index contributed by atoms with van der Waals surface area (Å²) in [6.07, 6.45) is 94.2. The van der Waals surface area contributed by atoms with E-state index in [0.717, 1.165) is 161 Å². The Labute approximate surface area is 640 Å². The van der Waals surface area contributed by atoms with Gasteiger partial charge in [0.1, 0.15) is 19.3 Å². The molecule has 0 radical (unpaired) electrons. The molecule has 0 heterocycles. The van der Waals surface area contributed by atoms with Gasteiger partial charge in [-0.2, -0.15) is 0 Å². The molecule has 0 rings (SSSR count). The highest BCUT2D eigenvalue weighted by Gasteiger charge is 2.30. The summed E-state index contributed by atoms with van der Waals surface area (Å²) < 4.78 is 68.5. The Hall–Kier alpha value is -6.10. The molecule has 0 fully saturated rings. The lowest BCUT2D eigenvalue weighted by atomic mass is 10.1. The second kappa shape index (κ2) is 77.1. The summed E-state index contributed by atoms with van der Waals surface area (Å²) in [7, 11) is -10.0. The molecule has 3 N–H and O–H groups in total. The third-order valence-electron chi connectivity index (χ3n) is 15.5. The minimum absolute atomic E-state index is 0.0253. The third-order valence-corrected chi connectivity index (χ3v) is 17.4. The van der Waals surface area contributed by atoms with E-state index in [1.807, 2.05) is 12.2 Å². The lowest BCUT2D eigenvalue weighted by Crippen LogP contribution is -2.30. The van der Waals surface area contributed by atoms with Gasteiger partial charge in [-0.05, 0) is 180 Å². The number of allylic oxidation sites excluding steroid dienone is 32. The fraction of sp³-hybridized carbons (Fsp3) is 0.586. The lowest BCUT2D eigenvalue weighted by Gasteiger charge is -2.21. The number of rotatable bonds is 72. The molecule has 0 amide bonds. The number of hydrogen-bond acceptors (Lipinski definition) is 15. The van der Waals surface area contributed by atoms with Crippen molar-refractivity contribution in [1.82, 2.24) is 0 Å². The molecule has 0 aliphatic rings. The number of aliphatic hydroxyl groups excluding tert-OH is 1. The van der Waals surface area contributed by atoms with Crippen molar-refractivity contribution in [2.45, 2.75) is 290 Å². The number of phosphoric ester groups is 2. The van der Waals surface area contributed by atoms with Crippen LogP contribution in [0.3, 0.4) is 0 Å². The first kappa shape index (κ1) is 99.9. The number of phosphoric acid groups is 2. The van der Waals surface area contributed by atoms with Gasteiger partial charge in [0.05, 0.1) is 26.4 Å². The molecule has 0 aromatic heterocycles. The van der Waals surface area contributed by atoms with Crippen LogP contribution in [0.1, 0.15) is 272 Å². The highest BCUT2D eigenvalue weighted by atomic mass is 31.2. The summed E-state index contributed by atoms with van der Waals surface area (Å²) in [6, 6.07) is 0. The molecule has 0 spiro atoms. The van der Waals surface area contributed by atoms with Crippen LogP contribution in [-0.2, 0) is 65.4 Å². The Morgan fingerprint density at radius 2 is 0.500 bits per heavy atom. The molecule has 0 aromatic carbocycles. The van der Waals surface area contributed by atoms with Gasteiger partial charge in [-0.25, -0.2) is 9.13 Å². The van der Waals surface area contributed by atoms with Crippen LogP contribution in [0.25, 0.3) is 0 Å². The molecule has 19 heteroatoms. The fourth-order valence-electron chi connectivity index (χ4n) is 9.60. The van der Waals surface area contributed by atoms with Gasteiger partial charge >= 0.3 is 39.5 Å². The van der Waals surface area contributed by atoms with E-state index in [1.165, 1.54) is 19.3 Å². The van der Waals surface area contributed by atoms with E-state index >= 15 is 0 Å². The molecule has 0 saturated carbocycles. The van der Waals surface area contributed by atoms with Crippen molar-refractivity contribution in [2.75, 3.05) is 39.6 Å². The van der Waals surface area contributed by atoms with Gasteiger partial charge in [0.15, 0.2) is 12.2 Å². The molecule has 5 unspecified atom stereocenters. The van der Waals surface area contributed by atoms with Gasteiger partial charge in [-0.15, -0.1) is 0 Å². The maximum Gasteiger partial charge on any atom is 0.472 e. The first-order valence-electron chi connectivity index (χ1n) is 39.7. The Morgan fingerprint density at radius 1 is 0.274 bits per heavy atom. The van der Waals surface area contributed by atoms with Gasteiger partial charge < -0.3 is 33.8 Å². The Morgan fingerprint density at radius 3 is 0.821 bits per heavy atom. The van der Waals surface area contributed by atoms with Crippen molar-refractivity contribution in [3.05, 3.63) is 194 Å². The quantitative estimate of drug-likeness (QED) is 0.0169. The largest absolute Gasteiger partial charge is 0.472 e. The van der Waals surface area contributed by atoms with Crippen LogP contribution >= 0.6 is 15.6 Å². The average molecular weight is 1520 g/mol. The van der Waals surface area contributed by atoms with Crippen molar-refractivity contribution in [3.8, 4) is 0 Å². The first-order chi connectivity index (χ1) is 51.7. The van der Waals surface area contributed by atoms with E-state index in [9.17, 15) is 43.2 Å². The molecule has 106 heavy (non-hydrogen) atoms. The summed E-state index contributed by atoms with van der Waals surface area (Å²) in [6.45, 7) is 4.30. The van der Waals surface area contributed by atoms with E-state index in [-0.39, 0.29) is 25.7 Å². The summed E-state index contributed by atoms with van der Waals surface area (Å²) >= 11 is 0. The molecule has 0 saturated heterocycles. The average Bonchev–Trinajstić information content (AvgIpc) is 0.909. The third kappa shape index (κ3) is 76.1. The minimum Gasteiger partial charge on any atom is -0.462 e. The standard InChI is InChI=1S/C87H138O17P2/c1-5-9-13-17-21-25-29-33-37-39-40-42-46-48-52-56-60-64-68-72-85(90)98-78-83(104-87(92)74-70-66-62-58-54-50-44-36-32-28-24-20-16-12-8-4)80-102-106(95,96)100-76-81(88)75-99-105(93,94)101-79-82(103-86(91)73-69-65-61-57-53-49-43-35-31-27-23-19-15-11-7-3)77-97-84(89)71-67-63-59-55-51-47-45-41-38-34-30-26-22-18-14-10-6-2/h9-10,12-14,16,21-28,33-38,40,42-45,47-48,52,54-55,58-59,81-83,88H,5-8,11,15,17-20,29-32,39,41,46,49-51,53,56-57,60-80H2,1-4H3,(H,93,94)(H,95,96)/b13-9-,14-10-,16-12-,25-21-,26-22-,27-23-,28-24-,37-33-,38-34-,42-40-,43-35-,44-36-,47-45-,52-48-,58-54-,59-55-. The zero-order valence-electron chi connectivity index (χ0n) is 65.3. The van der Waals surface area contributed by atoms with Gasteiger partial charge in [-0.1, -0.05) is 261 Å². The highest BCUT2D eigenvalue weighted by Crippen LogP contribution is 2.45. The van der Waals surface area contributed by atoms with Crippen molar-refractivity contribution < 1.29 is 80.2 Å². The van der Waals surface area contributed by atoms with E-state index in [1.54, 1.807) is 0 Å². The number of carbonyl (C=O) groups excluding carboxylic acids is 4. The Bertz CT molecular complexity index is 2780. The van der Waals surface area contributed by atoms with E-state index < -0.39 is 97.5 Å². The molecule has 5 atom stereocenters. The maximum absolute atomic E-state index is 13.1. The fourth-order valence-corrected chi connectivity index (χ4v) is 11.2. The Kier molecular flexibility index (Phi) is 72.6. The summed E-state index contributed by atoms with van der Waals surface area (Å²) in [5.74, 6) is -2.37. The molecule has 0 aliphatic heterocycles. The molecule has 0 bridgehead atoms. The number of aliphatic hydroxyl groups is 1. The zero-order chi connectivity index (χ0) is 77.4. The summed E-state index contributed by atoms with van der Waals surface area (Å²) in [5.41, 5.74) is 0. The van der Waals surface area contributed by atoms with Gasteiger partial charge in [-0.3, -0.25) is 37.3 Å². The number of carbonyl (C=O) groups is 4. The molecular formula is C87H138O17P2. The van der Waals surface area contributed by atoms with Gasteiger partial charge in [0, 0.05) is 25.7 Å². The van der Waals surface area contributed by atoms with E-state index in [0.29, 0.717) is 38.5 Å². The van der Waals surface area contributed by atoms with Crippen molar-refractivity contribution in [1.29, 1.82) is 0 Å². The maximum atomic E-state index is 13.1. The highest BCUT2D eigenvalue weighted by molar-refractivity contribution is 7.47. The molecular weight excluding hydrogens is 1380 g/mol. The van der Waals surface area contributed by atoms with Gasteiger partial charge in [0.25, 0.3) is 0 Å². The van der Waals surface area contributed by atoms with Gasteiger partial charge in [0.2, 0.25) is 0 Å². The van der Waals surface area contributed by atoms with Crippen LogP contribution in [0.15, 0.2) is 194 Å². The minimum atomic E-state index is -5.01. The van der Waals surface area contributed by atoms with Crippen molar-refractivity contribution >= 4 is 39.5 Å². The summed E-state index contributed by atoms with van der Waals surface area (Å²) in [5, 5.41) is 10.6. The number of hydrogen-bond donors (Lipinski definition) is 3. The lowest BCUT2D eigenvalue weighted by molar-refractivity contribution is -0.161. The number of unbranched alkanes of at least 4 members (excludes halogenated alkanes) is 14. The predicted molar refractivity (Wildman–Crippen MR) is 436 cm³/mol. The zero-order valence-corrected chi connectivity index (χ0v) is 67.1. The van der Waals surface area contributed by atoms with Crippen LogP contribution < -0.4 is 0 Å². The van der Waals surface area contributed by atoms with E-state index in [2.05, 4.69) is 210 Å². The van der Waals surface area contributed by atoms with Crippen LogP contribution in [-0.4, -0.2) is 96.7 Å².